The van der Waals surface area contributed by atoms with Crippen molar-refractivity contribution in [3.05, 3.63) is 0 Å². The van der Waals surface area contributed by atoms with Crippen LogP contribution in [0.25, 0.3) is 0 Å². The Morgan fingerprint density at radius 3 is 1.05 bits per heavy atom. The molecule has 0 spiro atoms. The van der Waals surface area contributed by atoms with Crippen LogP contribution in [0.1, 0.15) is 170 Å². The standard InChI is InChI=1S/2C17H31N2.S.Sn/c2*1-17(2,3)16(18-14-10-6-4-7-11-14)19-15-12-8-5-9-13-15;;/h2*14-15H,4-13H2,1-3H3;;/q2*-1;;+2. The van der Waals surface area contributed by atoms with Crippen molar-refractivity contribution in [1.29, 1.82) is 0 Å². The van der Waals surface area contributed by atoms with Crippen LogP contribution < -0.4 is 0 Å². The van der Waals surface area contributed by atoms with E-state index in [2.05, 4.69) is 47.8 Å². The fraction of sp³-hybridized carbons (Fsp3) is 0.941. The van der Waals surface area contributed by atoms with Gasteiger partial charge in [-0.25, -0.2) is 0 Å². The summed E-state index contributed by atoms with van der Waals surface area (Å²) in [6, 6.07) is 2.12. The Morgan fingerprint density at radius 2 is 0.775 bits per heavy atom. The van der Waals surface area contributed by atoms with E-state index in [1.165, 1.54) is 140 Å². The van der Waals surface area contributed by atoms with Gasteiger partial charge in [0, 0.05) is 0 Å². The van der Waals surface area contributed by atoms with Crippen LogP contribution in [0.5, 0.6) is 0 Å². The van der Waals surface area contributed by atoms with Gasteiger partial charge in [0.2, 0.25) is 0 Å². The number of amidine groups is 2. The van der Waals surface area contributed by atoms with Gasteiger partial charge in [0.15, 0.2) is 0 Å². The predicted octanol–water partition coefficient (Wildman–Crippen LogP) is 9.99. The van der Waals surface area contributed by atoms with E-state index in [9.17, 15) is 0 Å². The molecular formula is C34H62N4SSn. The van der Waals surface area contributed by atoms with Crippen molar-refractivity contribution < 1.29 is 0 Å². The van der Waals surface area contributed by atoms with E-state index in [-0.39, 0.29) is 10.8 Å². The third kappa shape index (κ3) is 8.99. The monoisotopic (exact) mass is 678 g/mol. The molecule has 0 N–H and O–H groups in total. The molecule has 4 rings (SSSR count). The van der Waals surface area contributed by atoms with Crippen LogP contribution in [0, 0.1) is 10.8 Å². The molecule has 0 saturated heterocycles. The Balaban J connectivity index is 1.81. The summed E-state index contributed by atoms with van der Waals surface area (Å²) in [5.41, 5.74) is 0.0281. The molecule has 0 radical (unpaired) electrons. The van der Waals surface area contributed by atoms with Crippen molar-refractivity contribution in [2.75, 3.05) is 0 Å². The Kier molecular flexibility index (Phi) is 12.4. The molecule has 0 unspecified atom stereocenters. The fourth-order valence-corrected chi connectivity index (χ4v) is 18.0. The van der Waals surface area contributed by atoms with Crippen LogP contribution in [0.2, 0.25) is 0 Å². The molecule has 228 valence electrons. The van der Waals surface area contributed by atoms with Crippen LogP contribution in [0.4, 0.5) is 0 Å². The van der Waals surface area contributed by atoms with Crippen LogP contribution in [0.3, 0.4) is 0 Å². The first-order chi connectivity index (χ1) is 19.1. The van der Waals surface area contributed by atoms with Gasteiger partial charge in [0.05, 0.1) is 0 Å². The van der Waals surface area contributed by atoms with Crippen molar-refractivity contribution in [2.45, 2.75) is 194 Å². The molecule has 6 heteroatoms. The Labute approximate surface area is 259 Å². The molecule has 0 aromatic carbocycles. The molecule has 4 saturated carbocycles. The van der Waals surface area contributed by atoms with Gasteiger partial charge >= 0.3 is 261 Å². The zero-order valence-corrected chi connectivity index (χ0v) is 30.8. The minimum absolute atomic E-state index is 0.0140. The average molecular weight is 678 g/mol. The third-order valence-corrected chi connectivity index (χ3v) is 18.1. The first-order valence-electron chi connectivity index (χ1n) is 17.3. The summed E-state index contributed by atoms with van der Waals surface area (Å²) in [6.07, 6.45) is 26.5. The van der Waals surface area contributed by atoms with Gasteiger partial charge in [-0.05, 0) is 0 Å². The van der Waals surface area contributed by atoms with Crippen LogP contribution in [-0.2, 0) is 0 Å². The zero-order valence-electron chi connectivity index (χ0n) is 27.1. The van der Waals surface area contributed by atoms with E-state index in [1.54, 1.807) is 0 Å². The van der Waals surface area contributed by atoms with E-state index in [4.69, 9.17) is 19.3 Å². The van der Waals surface area contributed by atoms with Crippen LogP contribution >= 0.6 is 9.29 Å². The molecule has 0 atom stereocenters. The van der Waals surface area contributed by atoms with Crippen molar-refractivity contribution >= 4 is 39.3 Å². The van der Waals surface area contributed by atoms with Crippen molar-refractivity contribution in [3.63, 3.8) is 0 Å². The van der Waals surface area contributed by atoms with Gasteiger partial charge in [0.25, 0.3) is 0 Å². The molecule has 4 aliphatic carbocycles. The molecule has 4 aliphatic rings. The maximum absolute atomic E-state index is 7.05. The first-order valence-corrected chi connectivity index (χ1v) is 23.8. The second-order valence-electron chi connectivity index (χ2n) is 15.6. The van der Waals surface area contributed by atoms with Gasteiger partial charge in [-0.1, -0.05) is 0 Å². The number of hydrogen-bond donors (Lipinski definition) is 0. The average Bonchev–Trinajstić information content (AvgIpc) is 2.94. The molecule has 4 fully saturated rings. The van der Waals surface area contributed by atoms with E-state index in [1.807, 2.05) is 0 Å². The molecule has 0 aromatic heterocycles. The second kappa shape index (κ2) is 15.1. The molecule has 0 amide bonds. The van der Waals surface area contributed by atoms with Crippen molar-refractivity contribution in [2.24, 2.45) is 20.8 Å². The summed E-state index contributed by atoms with van der Waals surface area (Å²) in [6.45, 7) is 14.5. The number of aliphatic imine (C=N–C) groups is 2. The molecule has 0 aliphatic heterocycles. The predicted molar refractivity (Wildman–Crippen MR) is 178 cm³/mol. The normalized spacial score (nSPS) is 24.2. The van der Waals surface area contributed by atoms with E-state index >= 15 is 0 Å². The van der Waals surface area contributed by atoms with Gasteiger partial charge < -0.3 is 0 Å². The van der Waals surface area contributed by atoms with Crippen LogP contribution in [-0.4, -0.2) is 60.4 Å². The van der Waals surface area contributed by atoms with Gasteiger partial charge in [-0.15, -0.1) is 0 Å². The molecular weight excluding hydrogens is 615 g/mol. The van der Waals surface area contributed by atoms with Gasteiger partial charge in [0.1, 0.15) is 0 Å². The van der Waals surface area contributed by atoms with Crippen LogP contribution in [0.15, 0.2) is 9.98 Å². The summed E-state index contributed by atoms with van der Waals surface area (Å²) in [5.74, 6) is 2.75. The van der Waals surface area contributed by atoms with Crippen molar-refractivity contribution in [3.8, 4) is 0 Å². The Hall–Kier alpha value is -0.0413. The summed E-state index contributed by atoms with van der Waals surface area (Å²) in [4.78, 5) is 11.5. The minimum atomic E-state index is -2.85. The van der Waals surface area contributed by atoms with E-state index in [0.29, 0.717) is 24.2 Å². The van der Waals surface area contributed by atoms with E-state index < -0.39 is 18.4 Å². The molecule has 40 heavy (non-hydrogen) atoms. The third-order valence-electron chi connectivity index (χ3n) is 9.85. The molecule has 4 nitrogen and oxygen atoms in total. The Morgan fingerprint density at radius 1 is 0.500 bits per heavy atom. The van der Waals surface area contributed by atoms with Gasteiger partial charge in [-0.2, -0.15) is 0 Å². The number of rotatable bonds is 6. The first kappa shape index (κ1) is 32.9. The number of hydrogen-bond acceptors (Lipinski definition) is 3. The molecule has 0 heterocycles. The topological polar surface area (TPSA) is 31.2 Å². The summed E-state index contributed by atoms with van der Waals surface area (Å²) < 4.78 is 5.81. The summed E-state index contributed by atoms with van der Waals surface area (Å²) in [7, 11) is 7.05. The maximum atomic E-state index is 7.05. The van der Waals surface area contributed by atoms with E-state index in [0.717, 1.165) is 0 Å². The zero-order chi connectivity index (χ0) is 28.8. The second-order valence-corrected chi connectivity index (χ2v) is 22.4. The summed E-state index contributed by atoms with van der Waals surface area (Å²) >= 11 is -2.85. The molecule has 0 bridgehead atoms. The van der Waals surface area contributed by atoms with Crippen molar-refractivity contribution in [1.82, 2.24) is 6.24 Å². The Bertz CT molecular complexity index is 791. The SMILES string of the molecule is CC(C)(C)C(=NC1CCCCC1)[N](C1CCCCC1)[Sn](=[S])[N](C(=NC1CCCCC1)C(C)(C)C)C1CCCCC1. The fourth-order valence-electron chi connectivity index (χ4n) is 7.63. The number of nitrogens with zero attached hydrogens (tertiary/aromatic N) is 4. The molecule has 0 aromatic rings. The van der Waals surface area contributed by atoms with Gasteiger partial charge in [-0.3, -0.25) is 0 Å². The summed E-state index contributed by atoms with van der Waals surface area (Å²) in [5, 5.41) is 0. The quantitative estimate of drug-likeness (QED) is 0.159.